The molecular weight excluding hydrogens is 370 g/mol. The van der Waals surface area contributed by atoms with Crippen molar-refractivity contribution in [3.8, 4) is 0 Å². The second kappa shape index (κ2) is 7.56. The second-order valence-corrected chi connectivity index (χ2v) is 8.24. The number of benzene rings is 1. The molecule has 0 spiro atoms. The van der Waals surface area contributed by atoms with Crippen LogP contribution in [-0.2, 0) is 22.6 Å². The van der Waals surface area contributed by atoms with Crippen LogP contribution in [0.1, 0.15) is 28.0 Å². The number of carbonyl (C=O) groups is 2. The monoisotopic (exact) mass is 391 g/mol. The van der Waals surface area contributed by atoms with Crippen molar-refractivity contribution in [2.75, 3.05) is 12.4 Å². The van der Waals surface area contributed by atoms with Crippen LogP contribution < -0.4 is 5.32 Å². The van der Waals surface area contributed by atoms with E-state index >= 15 is 0 Å². The van der Waals surface area contributed by atoms with E-state index in [2.05, 4.69) is 29.4 Å². The van der Waals surface area contributed by atoms with Gasteiger partial charge in [-0.25, -0.2) is 4.98 Å². The van der Waals surface area contributed by atoms with Gasteiger partial charge in [0.2, 0.25) is 11.8 Å². The van der Waals surface area contributed by atoms with Crippen LogP contribution in [0.3, 0.4) is 0 Å². The number of hydrogen-bond donors (Lipinski definition) is 1. The smallest absolute Gasteiger partial charge is 0.246 e. The Morgan fingerprint density at radius 2 is 2.14 bits per heavy atom. The highest BCUT2D eigenvalue weighted by Crippen LogP contribution is 2.31. The van der Waals surface area contributed by atoms with E-state index in [4.69, 9.17) is 0 Å². The number of thiophene rings is 1. The lowest BCUT2D eigenvalue weighted by molar-refractivity contribution is -0.125. The Labute approximate surface area is 167 Å². The summed E-state index contributed by atoms with van der Waals surface area (Å²) in [5, 5.41) is 3.98. The van der Waals surface area contributed by atoms with Crippen molar-refractivity contribution in [3.63, 3.8) is 0 Å². The van der Waals surface area contributed by atoms with Gasteiger partial charge < -0.3 is 10.2 Å². The Morgan fingerprint density at radius 3 is 3.00 bits per heavy atom. The molecule has 28 heavy (non-hydrogen) atoms. The van der Waals surface area contributed by atoms with Gasteiger partial charge in [-0.1, -0.05) is 18.2 Å². The van der Waals surface area contributed by atoms with Crippen LogP contribution in [0.4, 0.5) is 5.82 Å². The Hall–Kier alpha value is -2.99. The van der Waals surface area contributed by atoms with Crippen molar-refractivity contribution in [1.82, 2.24) is 9.88 Å². The molecule has 0 saturated carbocycles. The summed E-state index contributed by atoms with van der Waals surface area (Å²) >= 11 is 1.76. The topological polar surface area (TPSA) is 62.3 Å². The van der Waals surface area contributed by atoms with E-state index in [0.29, 0.717) is 25.2 Å². The minimum Gasteiger partial charge on any atom is -0.338 e. The van der Waals surface area contributed by atoms with E-state index < -0.39 is 0 Å². The Balaban J connectivity index is 1.47. The Kier molecular flexibility index (Phi) is 4.96. The van der Waals surface area contributed by atoms with Gasteiger partial charge in [0.05, 0.1) is 0 Å². The number of amides is 2. The zero-order valence-electron chi connectivity index (χ0n) is 15.9. The number of hydrogen-bond acceptors (Lipinski definition) is 4. The number of anilines is 1. The molecule has 2 aromatic heterocycles. The Morgan fingerprint density at radius 1 is 1.32 bits per heavy atom. The normalized spacial score (nSPS) is 13.6. The molecule has 0 radical (unpaired) electrons. The number of nitrogens with zero attached hydrogens (tertiary/aromatic N) is 2. The fourth-order valence-corrected chi connectivity index (χ4v) is 4.47. The summed E-state index contributed by atoms with van der Waals surface area (Å²) in [5.74, 6) is 0.564. The average molecular weight is 391 g/mol. The van der Waals surface area contributed by atoms with Gasteiger partial charge in [-0.3, -0.25) is 9.59 Å². The lowest BCUT2D eigenvalue weighted by Crippen LogP contribution is -2.24. The van der Waals surface area contributed by atoms with E-state index in [0.717, 1.165) is 11.1 Å². The molecule has 0 fully saturated rings. The molecule has 1 aromatic carbocycles. The summed E-state index contributed by atoms with van der Waals surface area (Å²) in [7, 11) is 1.82. The predicted octanol–water partition coefficient (Wildman–Crippen LogP) is 4.16. The van der Waals surface area contributed by atoms with Gasteiger partial charge in [-0.2, -0.15) is 0 Å². The van der Waals surface area contributed by atoms with Crippen molar-refractivity contribution < 1.29 is 9.59 Å². The number of aryl methyl sites for hydroxylation is 2. The molecule has 0 unspecified atom stereocenters. The SMILES string of the molecule is Cc1sc2ccccc2c1CN(C)C(=O)/C=C/c1cnc2c(c1)CCC(=O)N2. The van der Waals surface area contributed by atoms with Gasteiger partial charge in [0.1, 0.15) is 5.82 Å². The second-order valence-electron chi connectivity index (χ2n) is 6.99. The van der Waals surface area contributed by atoms with Crippen molar-refractivity contribution in [3.05, 3.63) is 64.2 Å². The molecule has 0 bridgehead atoms. The van der Waals surface area contributed by atoms with Gasteiger partial charge >= 0.3 is 0 Å². The highest BCUT2D eigenvalue weighted by molar-refractivity contribution is 7.19. The summed E-state index contributed by atoms with van der Waals surface area (Å²) in [6.45, 7) is 2.68. The van der Waals surface area contributed by atoms with Gasteiger partial charge in [0.15, 0.2) is 0 Å². The van der Waals surface area contributed by atoms with Crippen LogP contribution in [0.2, 0.25) is 0 Å². The van der Waals surface area contributed by atoms with Crippen molar-refractivity contribution in [1.29, 1.82) is 0 Å². The van der Waals surface area contributed by atoms with E-state index in [-0.39, 0.29) is 11.8 Å². The zero-order chi connectivity index (χ0) is 19.7. The highest BCUT2D eigenvalue weighted by Gasteiger charge is 2.16. The molecule has 142 valence electrons. The minimum atomic E-state index is -0.0549. The van der Waals surface area contributed by atoms with E-state index in [9.17, 15) is 9.59 Å². The maximum absolute atomic E-state index is 12.6. The summed E-state index contributed by atoms with van der Waals surface area (Å²) in [4.78, 5) is 31.3. The van der Waals surface area contributed by atoms with Crippen LogP contribution in [-0.4, -0.2) is 28.7 Å². The molecule has 6 heteroatoms. The number of likely N-dealkylation sites (N-methyl/N-ethyl adjacent to an activating group) is 1. The molecule has 1 aliphatic heterocycles. The number of fused-ring (bicyclic) bond motifs is 2. The van der Waals surface area contributed by atoms with Crippen LogP contribution in [0.5, 0.6) is 0 Å². The fraction of sp³-hybridized carbons (Fsp3) is 0.227. The molecule has 4 rings (SSSR count). The summed E-state index contributed by atoms with van der Waals surface area (Å²) in [6, 6.07) is 10.3. The maximum Gasteiger partial charge on any atom is 0.246 e. The van der Waals surface area contributed by atoms with E-state index in [1.807, 2.05) is 25.2 Å². The molecule has 2 amide bonds. The number of nitrogens with one attached hydrogen (secondary N) is 1. The molecule has 1 N–H and O–H groups in total. The van der Waals surface area contributed by atoms with Crippen LogP contribution >= 0.6 is 11.3 Å². The quantitative estimate of drug-likeness (QED) is 0.679. The van der Waals surface area contributed by atoms with Gasteiger partial charge in [-0.15, -0.1) is 11.3 Å². The van der Waals surface area contributed by atoms with Gasteiger partial charge in [0, 0.05) is 41.9 Å². The standard InChI is InChI=1S/C22H21N3O2S/c1-14-18(17-5-3-4-6-19(17)28-14)13-25(2)21(27)10-7-15-11-16-8-9-20(26)24-22(16)23-12-15/h3-7,10-12H,8-9,13H2,1-2H3,(H,23,24,26)/b10-7+. The fourth-order valence-electron chi connectivity index (χ4n) is 3.39. The zero-order valence-corrected chi connectivity index (χ0v) is 16.7. The van der Waals surface area contributed by atoms with Crippen molar-refractivity contribution >= 4 is 45.1 Å². The first kappa shape index (κ1) is 18.4. The molecular formula is C22H21N3O2S. The maximum atomic E-state index is 12.6. The molecule has 0 saturated heterocycles. The predicted molar refractivity (Wildman–Crippen MR) is 113 cm³/mol. The average Bonchev–Trinajstić information content (AvgIpc) is 3.01. The molecule has 3 aromatic rings. The van der Waals surface area contributed by atoms with Crippen molar-refractivity contribution in [2.45, 2.75) is 26.3 Å². The third-order valence-electron chi connectivity index (χ3n) is 4.96. The number of rotatable bonds is 4. The number of carbonyl (C=O) groups excluding carboxylic acids is 2. The molecule has 0 aliphatic carbocycles. The number of pyridine rings is 1. The van der Waals surface area contributed by atoms with Gasteiger partial charge in [0.25, 0.3) is 0 Å². The summed E-state index contributed by atoms with van der Waals surface area (Å²) in [5.41, 5.74) is 3.06. The summed E-state index contributed by atoms with van der Waals surface area (Å²) < 4.78 is 1.25. The largest absolute Gasteiger partial charge is 0.338 e. The Bertz CT molecular complexity index is 1100. The molecule has 3 heterocycles. The molecule has 1 aliphatic rings. The molecule has 0 atom stereocenters. The van der Waals surface area contributed by atoms with Crippen molar-refractivity contribution in [2.24, 2.45) is 0 Å². The third kappa shape index (κ3) is 3.68. The summed E-state index contributed by atoms with van der Waals surface area (Å²) in [6.07, 6.45) is 6.17. The lowest BCUT2D eigenvalue weighted by atomic mass is 10.0. The first-order valence-corrected chi connectivity index (χ1v) is 10.0. The molecule has 5 nitrogen and oxygen atoms in total. The third-order valence-corrected chi connectivity index (χ3v) is 6.09. The van der Waals surface area contributed by atoms with E-state index in [1.54, 1.807) is 34.6 Å². The minimum absolute atomic E-state index is 0.00339. The number of aromatic nitrogens is 1. The van der Waals surface area contributed by atoms with E-state index in [1.165, 1.54) is 20.5 Å². The van der Waals surface area contributed by atoms with Crippen LogP contribution in [0.15, 0.2) is 42.6 Å². The van der Waals surface area contributed by atoms with Crippen LogP contribution in [0, 0.1) is 6.92 Å². The van der Waals surface area contributed by atoms with Gasteiger partial charge in [-0.05, 0) is 53.6 Å². The highest BCUT2D eigenvalue weighted by atomic mass is 32.1. The first-order chi connectivity index (χ1) is 13.5. The van der Waals surface area contributed by atoms with Crippen LogP contribution in [0.25, 0.3) is 16.2 Å². The lowest BCUT2D eigenvalue weighted by Gasteiger charge is -2.16. The first-order valence-electron chi connectivity index (χ1n) is 9.20.